The van der Waals surface area contributed by atoms with Gasteiger partial charge in [0, 0.05) is 25.2 Å². The van der Waals surface area contributed by atoms with Gasteiger partial charge >= 0.3 is 0 Å². The molecular weight excluding hydrogens is 256 g/mol. The number of methoxy groups -OCH3 is 1. The van der Waals surface area contributed by atoms with Gasteiger partial charge in [-0.15, -0.1) is 11.3 Å². The van der Waals surface area contributed by atoms with E-state index in [9.17, 15) is 0 Å². The van der Waals surface area contributed by atoms with Crippen LogP contribution in [0.1, 0.15) is 35.5 Å². The van der Waals surface area contributed by atoms with E-state index < -0.39 is 0 Å². The fraction of sp³-hybridized carbons (Fsp3) is 0.400. The average Bonchev–Trinajstić information content (AvgIpc) is 2.94. The van der Waals surface area contributed by atoms with Gasteiger partial charge in [-0.3, -0.25) is 0 Å². The molecule has 0 aliphatic rings. The van der Waals surface area contributed by atoms with Gasteiger partial charge in [-0.05, 0) is 17.5 Å². The molecule has 0 amide bonds. The van der Waals surface area contributed by atoms with E-state index in [4.69, 9.17) is 4.74 Å². The average molecular weight is 276 g/mol. The number of ether oxygens (including phenoxy) is 1. The first-order valence-corrected chi connectivity index (χ1v) is 7.41. The van der Waals surface area contributed by atoms with E-state index in [0.29, 0.717) is 12.6 Å². The molecule has 3 nitrogen and oxygen atoms in total. The number of nitrogens with zero attached hydrogens (tertiary/aromatic N) is 1. The molecule has 1 unspecified atom stereocenters. The van der Waals surface area contributed by atoms with Crippen LogP contribution in [0.3, 0.4) is 0 Å². The van der Waals surface area contributed by atoms with Gasteiger partial charge in [-0.1, -0.05) is 31.2 Å². The molecule has 0 aliphatic heterocycles. The molecule has 2 rings (SSSR count). The van der Waals surface area contributed by atoms with Gasteiger partial charge < -0.3 is 10.1 Å². The van der Waals surface area contributed by atoms with Crippen molar-refractivity contribution in [3.05, 3.63) is 52.0 Å². The number of nitrogens with one attached hydrogen (secondary N) is 1. The van der Waals surface area contributed by atoms with Crippen LogP contribution >= 0.6 is 11.3 Å². The van der Waals surface area contributed by atoms with E-state index in [1.807, 2.05) is 11.6 Å². The lowest BCUT2D eigenvalue weighted by Gasteiger charge is -2.14. The normalized spacial score (nSPS) is 12.5. The van der Waals surface area contributed by atoms with Crippen LogP contribution in [-0.2, 0) is 17.9 Å². The fourth-order valence-electron chi connectivity index (χ4n) is 2.05. The molecule has 1 heterocycles. The van der Waals surface area contributed by atoms with Crippen LogP contribution in [0.2, 0.25) is 0 Å². The predicted molar refractivity (Wildman–Crippen MR) is 79.1 cm³/mol. The highest BCUT2D eigenvalue weighted by atomic mass is 32.1. The highest BCUT2D eigenvalue weighted by Gasteiger charge is 2.10. The van der Waals surface area contributed by atoms with E-state index in [1.165, 1.54) is 11.1 Å². The smallest absolute Gasteiger partial charge is 0.109 e. The van der Waals surface area contributed by atoms with Crippen LogP contribution in [0.15, 0.2) is 35.8 Å². The fourth-order valence-corrected chi connectivity index (χ4v) is 2.85. The maximum atomic E-state index is 5.16. The van der Waals surface area contributed by atoms with Crippen LogP contribution in [0.5, 0.6) is 0 Å². The lowest BCUT2D eigenvalue weighted by atomic mass is 10.1. The van der Waals surface area contributed by atoms with Crippen LogP contribution < -0.4 is 5.32 Å². The lowest BCUT2D eigenvalue weighted by Crippen LogP contribution is -2.20. The number of hydrogen-bond acceptors (Lipinski definition) is 4. The van der Waals surface area contributed by atoms with Crippen molar-refractivity contribution in [1.82, 2.24) is 10.3 Å². The molecule has 0 saturated carbocycles. The van der Waals surface area contributed by atoms with Crippen molar-refractivity contribution in [2.45, 2.75) is 32.5 Å². The molecule has 1 aromatic heterocycles. The lowest BCUT2D eigenvalue weighted by molar-refractivity contribution is 0.185. The molecular formula is C15H20N2OS. The van der Waals surface area contributed by atoms with Gasteiger partial charge in [0.15, 0.2) is 0 Å². The summed E-state index contributed by atoms with van der Waals surface area (Å²) >= 11 is 1.71. The van der Waals surface area contributed by atoms with Gasteiger partial charge in [0.25, 0.3) is 0 Å². The highest BCUT2D eigenvalue weighted by molar-refractivity contribution is 7.09. The zero-order chi connectivity index (χ0) is 13.5. The summed E-state index contributed by atoms with van der Waals surface area (Å²) in [6.07, 6.45) is 2.91. The third-order valence-corrected chi connectivity index (χ3v) is 3.90. The first-order chi connectivity index (χ1) is 9.33. The molecule has 0 bridgehead atoms. The predicted octanol–water partition coefficient (Wildman–Crippen LogP) is 3.53. The zero-order valence-corrected chi connectivity index (χ0v) is 12.2. The second kappa shape index (κ2) is 7.38. The molecule has 1 N–H and O–H groups in total. The van der Waals surface area contributed by atoms with Gasteiger partial charge in [-0.2, -0.15) is 0 Å². The molecule has 0 aliphatic carbocycles. The molecule has 2 aromatic rings. The molecule has 0 radical (unpaired) electrons. The van der Waals surface area contributed by atoms with Gasteiger partial charge in [0.05, 0.1) is 12.6 Å². The minimum absolute atomic E-state index is 0.339. The summed E-state index contributed by atoms with van der Waals surface area (Å²) in [5.41, 5.74) is 2.49. The number of aromatic nitrogens is 1. The molecule has 0 fully saturated rings. The second-order valence-corrected chi connectivity index (χ2v) is 5.39. The highest BCUT2D eigenvalue weighted by Crippen LogP contribution is 2.19. The number of benzene rings is 1. The summed E-state index contributed by atoms with van der Waals surface area (Å²) in [5.74, 6) is 0. The SMILES string of the molecule is CCC(NCc1cccc(COC)c1)c1nccs1. The van der Waals surface area contributed by atoms with Gasteiger partial charge in [-0.25, -0.2) is 4.98 Å². The Labute approximate surface area is 118 Å². The van der Waals surface area contributed by atoms with Crippen molar-refractivity contribution in [1.29, 1.82) is 0 Å². The first-order valence-electron chi connectivity index (χ1n) is 6.53. The summed E-state index contributed by atoms with van der Waals surface area (Å²) in [6.45, 7) is 3.70. The summed E-state index contributed by atoms with van der Waals surface area (Å²) in [5, 5.41) is 6.75. The molecule has 1 aromatic carbocycles. The molecule has 0 saturated heterocycles. The van der Waals surface area contributed by atoms with Crippen LogP contribution in [0.4, 0.5) is 0 Å². The monoisotopic (exact) mass is 276 g/mol. The summed E-state index contributed by atoms with van der Waals surface area (Å²) in [4.78, 5) is 4.38. The second-order valence-electron chi connectivity index (χ2n) is 4.47. The van der Waals surface area contributed by atoms with Crippen molar-refractivity contribution in [3.63, 3.8) is 0 Å². The van der Waals surface area contributed by atoms with Crippen molar-refractivity contribution < 1.29 is 4.74 Å². The van der Waals surface area contributed by atoms with Crippen LogP contribution in [-0.4, -0.2) is 12.1 Å². The Morgan fingerprint density at radius 3 is 2.89 bits per heavy atom. The Morgan fingerprint density at radius 2 is 2.21 bits per heavy atom. The van der Waals surface area contributed by atoms with Gasteiger partial charge in [0.1, 0.15) is 5.01 Å². The maximum Gasteiger partial charge on any atom is 0.109 e. The minimum Gasteiger partial charge on any atom is -0.380 e. The number of rotatable bonds is 7. The number of thiazole rings is 1. The van der Waals surface area contributed by atoms with E-state index >= 15 is 0 Å². The Balaban J connectivity index is 1.95. The van der Waals surface area contributed by atoms with E-state index in [2.05, 4.69) is 41.5 Å². The quantitative estimate of drug-likeness (QED) is 0.840. The number of hydrogen-bond donors (Lipinski definition) is 1. The molecule has 19 heavy (non-hydrogen) atoms. The van der Waals surface area contributed by atoms with Crippen molar-refractivity contribution in [2.75, 3.05) is 7.11 Å². The Morgan fingerprint density at radius 1 is 1.37 bits per heavy atom. The Hall–Kier alpha value is -1.23. The third kappa shape index (κ3) is 4.13. The molecule has 4 heteroatoms. The van der Waals surface area contributed by atoms with E-state index in [-0.39, 0.29) is 0 Å². The molecule has 0 spiro atoms. The Kier molecular flexibility index (Phi) is 5.51. The van der Waals surface area contributed by atoms with Gasteiger partial charge in [0.2, 0.25) is 0 Å². The minimum atomic E-state index is 0.339. The zero-order valence-electron chi connectivity index (χ0n) is 11.4. The van der Waals surface area contributed by atoms with Crippen LogP contribution in [0, 0.1) is 0 Å². The van der Waals surface area contributed by atoms with E-state index in [0.717, 1.165) is 18.0 Å². The standard InChI is InChI=1S/C15H20N2OS/c1-3-14(15-16-7-8-19-15)17-10-12-5-4-6-13(9-12)11-18-2/h4-9,14,17H,3,10-11H2,1-2H3. The van der Waals surface area contributed by atoms with Crippen molar-refractivity contribution in [2.24, 2.45) is 0 Å². The molecule has 1 atom stereocenters. The summed E-state index contributed by atoms with van der Waals surface area (Å²) in [6, 6.07) is 8.83. The molecule has 102 valence electrons. The van der Waals surface area contributed by atoms with Crippen molar-refractivity contribution >= 4 is 11.3 Å². The Bertz CT molecular complexity index is 485. The van der Waals surface area contributed by atoms with Crippen molar-refractivity contribution in [3.8, 4) is 0 Å². The maximum absolute atomic E-state index is 5.16. The largest absolute Gasteiger partial charge is 0.380 e. The first kappa shape index (κ1) is 14.2. The third-order valence-electron chi connectivity index (χ3n) is 3.01. The summed E-state index contributed by atoms with van der Waals surface area (Å²) < 4.78 is 5.16. The van der Waals surface area contributed by atoms with E-state index in [1.54, 1.807) is 18.4 Å². The van der Waals surface area contributed by atoms with Crippen LogP contribution in [0.25, 0.3) is 0 Å². The summed E-state index contributed by atoms with van der Waals surface area (Å²) in [7, 11) is 1.72. The topological polar surface area (TPSA) is 34.1 Å².